The minimum atomic E-state index is -0.868. The van der Waals surface area contributed by atoms with Gasteiger partial charge in [-0.15, -0.1) is 12.4 Å². The molecule has 0 atom stereocenters. The Balaban J connectivity index is 0.00000324. The van der Waals surface area contributed by atoms with E-state index in [1.807, 2.05) is 97.1 Å². The third-order valence-electron chi connectivity index (χ3n) is 6.81. The van der Waals surface area contributed by atoms with E-state index in [1.165, 1.54) is 0 Å². The van der Waals surface area contributed by atoms with Crippen LogP contribution < -0.4 is 0 Å². The SMILES string of the molecule is Cl.N#CC(/C=C/CN1CCC(C(=O)O)(c2ccccc2)CC1)(c1ccccc1)c1ccccc1. The zero-order valence-corrected chi connectivity index (χ0v) is 19.8. The number of piperidine rings is 1. The molecule has 1 heterocycles. The number of benzene rings is 3. The summed E-state index contributed by atoms with van der Waals surface area (Å²) in [7, 11) is 0. The number of carbonyl (C=O) groups is 1. The number of nitrogens with zero attached hydrogens (tertiary/aromatic N) is 2. The molecule has 174 valence electrons. The summed E-state index contributed by atoms with van der Waals surface area (Å²) < 4.78 is 0. The lowest BCUT2D eigenvalue weighted by Crippen LogP contribution is -2.47. The molecular formula is C29H29ClN2O2. The number of allylic oxidation sites excluding steroid dienone is 1. The minimum absolute atomic E-state index is 0. The van der Waals surface area contributed by atoms with Crippen LogP contribution in [0.15, 0.2) is 103 Å². The smallest absolute Gasteiger partial charge is 0.314 e. The highest BCUT2D eigenvalue weighted by Gasteiger charge is 2.42. The molecule has 4 rings (SSSR count). The third-order valence-corrected chi connectivity index (χ3v) is 6.81. The van der Waals surface area contributed by atoms with Crippen LogP contribution in [0.3, 0.4) is 0 Å². The first-order chi connectivity index (χ1) is 16.1. The first-order valence-corrected chi connectivity index (χ1v) is 11.3. The first kappa shape index (κ1) is 25.2. The van der Waals surface area contributed by atoms with Gasteiger partial charge >= 0.3 is 5.97 Å². The Morgan fingerprint density at radius 1 is 0.912 bits per heavy atom. The Hall–Kier alpha value is -3.39. The fourth-order valence-electron chi connectivity index (χ4n) is 4.81. The first-order valence-electron chi connectivity index (χ1n) is 11.3. The predicted octanol–water partition coefficient (Wildman–Crippen LogP) is 5.59. The van der Waals surface area contributed by atoms with Gasteiger partial charge in [-0.1, -0.05) is 103 Å². The van der Waals surface area contributed by atoms with Crippen molar-refractivity contribution in [2.24, 2.45) is 0 Å². The summed E-state index contributed by atoms with van der Waals surface area (Å²) in [5.74, 6) is -0.749. The van der Waals surface area contributed by atoms with Crippen LogP contribution >= 0.6 is 12.4 Å². The van der Waals surface area contributed by atoms with Crippen molar-refractivity contribution in [3.05, 3.63) is 120 Å². The Labute approximate surface area is 207 Å². The van der Waals surface area contributed by atoms with Gasteiger partial charge in [0.2, 0.25) is 0 Å². The molecule has 0 saturated carbocycles. The molecule has 1 fully saturated rings. The molecule has 0 bridgehead atoms. The Kier molecular flexibility index (Phi) is 8.28. The van der Waals surface area contributed by atoms with E-state index in [1.54, 1.807) is 0 Å². The van der Waals surface area contributed by atoms with Crippen LogP contribution in [0.5, 0.6) is 0 Å². The van der Waals surface area contributed by atoms with Crippen LogP contribution in [0.1, 0.15) is 29.5 Å². The average Bonchev–Trinajstić information content (AvgIpc) is 2.89. The van der Waals surface area contributed by atoms with E-state index in [0.717, 1.165) is 16.7 Å². The second-order valence-corrected chi connectivity index (χ2v) is 8.61. The topological polar surface area (TPSA) is 64.3 Å². The highest BCUT2D eigenvalue weighted by molar-refractivity contribution is 5.85. The van der Waals surface area contributed by atoms with E-state index in [-0.39, 0.29) is 12.4 Å². The van der Waals surface area contributed by atoms with Crippen LogP contribution in [0.4, 0.5) is 0 Å². The van der Waals surface area contributed by atoms with Crippen molar-refractivity contribution < 1.29 is 9.90 Å². The average molecular weight is 473 g/mol. The van der Waals surface area contributed by atoms with Gasteiger partial charge in [0.05, 0.1) is 11.5 Å². The minimum Gasteiger partial charge on any atom is -0.481 e. The number of rotatable bonds is 7. The Morgan fingerprint density at radius 2 is 1.38 bits per heavy atom. The molecule has 0 unspecified atom stereocenters. The molecule has 3 aromatic carbocycles. The lowest BCUT2D eigenvalue weighted by atomic mass is 9.72. The van der Waals surface area contributed by atoms with Crippen molar-refractivity contribution in [1.29, 1.82) is 5.26 Å². The van der Waals surface area contributed by atoms with E-state index < -0.39 is 16.8 Å². The number of nitriles is 1. The number of carboxylic acid groups (broad SMARTS) is 1. The molecule has 0 amide bonds. The van der Waals surface area contributed by atoms with Crippen molar-refractivity contribution in [1.82, 2.24) is 4.90 Å². The summed E-state index contributed by atoms with van der Waals surface area (Å²) in [6.07, 6.45) is 5.19. The zero-order chi connectivity index (χ0) is 23.2. The molecule has 3 aromatic rings. The number of aliphatic carboxylic acids is 1. The largest absolute Gasteiger partial charge is 0.481 e. The molecule has 1 aliphatic rings. The number of hydrogen-bond acceptors (Lipinski definition) is 3. The number of carboxylic acids is 1. The number of halogens is 1. The Bertz CT molecular complexity index is 1090. The Morgan fingerprint density at radius 3 is 1.82 bits per heavy atom. The van der Waals surface area contributed by atoms with Gasteiger partial charge in [0.1, 0.15) is 5.41 Å². The predicted molar refractivity (Wildman–Crippen MR) is 137 cm³/mol. The van der Waals surface area contributed by atoms with Gasteiger partial charge < -0.3 is 5.11 Å². The van der Waals surface area contributed by atoms with Crippen molar-refractivity contribution in [2.45, 2.75) is 23.7 Å². The fourth-order valence-corrected chi connectivity index (χ4v) is 4.81. The van der Waals surface area contributed by atoms with Crippen LogP contribution in [0.2, 0.25) is 0 Å². The van der Waals surface area contributed by atoms with Crippen molar-refractivity contribution in [3.63, 3.8) is 0 Å². The monoisotopic (exact) mass is 472 g/mol. The molecule has 0 spiro atoms. The molecule has 1 aliphatic heterocycles. The van der Waals surface area contributed by atoms with Crippen LogP contribution in [0.25, 0.3) is 0 Å². The normalized spacial score (nSPS) is 15.9. The lowest BCUT2D eigenvalue weighted by molar-refractivity contribution is -0.145. The van der Waals surface area contributed by atoms with Gasteiger partial charge in [0.15, 0.2) is 0 Å². The van der Waals surface area contributed by atoms with Gasteiger partial charge in [0.25, 0.3) is 0 Å². The van der Waals surface area contributed by atoms with Gasteiger partial charge in [0, 0.05) is 6.54 Å². The molecule has 0 aliphatic carbocycles. The van der Waals surface area contributed by atoms with Crippen molar-refractivity contribution in [2.75, 3.05) is 19.6 Å². The third kappa shape index (κ3) is 4.92. The maximum absolute atomic E-state index is 12.2. The highest BCUT2D eigenvalue weighted by atomic mass is 35.5. The summed E-state index contributed by atoms with van der Waals surface area (Å²) in [4.78, 5) is 14.5. The highest BCUT2D eigenvalue weighted by Crippen LogP contribution is 2.36. The van der Waals surface area contributed by atoms with Crippen molar-refractivity contribution in [3.8, 4) is 6.07 Å². The standard InChI is InChI=1S/C29H28N2O2.ClH/c30-23-29(25-13-6-2-7-14-25,26-15-8-3-9-16-26)17-10-20-31-21-18-28(19-22-31,27(32)33)24-11-4-1-5-12-24;/h1-17H,18-22H2,(H,32,33);1H/b17-10+;. The molecule has 4 nitrogen and oxygen atoms in total. The molecule has 1 saturated heterocycles. The zero-order valence-electron chi connectivity index (χ0n) is 19.0. The molecule has 5 heteroatoms. The van der Waals surface area contributed by atoms with Crippen molar-refractivity contribution >= 4 is 18.4 Å². The molecule has 0 radical (unpaired) electrons. The van der Waals surface area contributed by atoms with Gasteiger partial charge in [-0.05, 0) is 42.6 Å². The summed E-state index contributed by atoms with van der Waals surface area (Å²) in [5, 5.41) is 20.3. The second-order valence-electron chi connectivity index (χ2n) is 8.61. The quantitative estimate of drug-likeness (QED) is 0.455. The van der Waals surface area contributed by atoms with E-state index in [2.05, 4.69) is 17.0 Å². The van der Waals surface area contributed by atoms with Crippen LogP contribution in [0, 0.1) is 11.3 Å². The van der Waals surface area contributed by atoms with E-state index in [4.69, 9.17) is 0 Å². The summed E-state index contributed by atoms with van der Waals surface area (Å²) in [6.45, 7) is 2.07. The molecule has 0 aromatic heterocycles. The molecule has 34 heavy (non-hydrogen) atoms. The summed E-state index contributed by atoms with van der Waals surface area (Å²) >= 11 is 0. The van der Waals surface area contributed by atoms with E-state index >= 15 is 0 Å². The van der Waals surface area contributed by atoms with Gasteiger partial charge in [-0.25, -0.2) is 0 Å². The van der Waals surface area contributed by atoms with E-state index in [9.17, 15) is 15.2 Å². The van der Waals surface area contributed by atoms with Gasteiger partial charge in [-0.2, -0.15) is 5.26 Å². The lowest BCUT2D eigenvalue weighted by Gasteiger charge is -2.39. The maximum atomic E-state index is 12.2. The van der Waals surface area contributed by atoms with Gasteiger partial charge in [-0.3, -0.25) is 9.69 Å². The van der Waals surface area contributed by atoms with Crippen LogP contribution in [-0.2, 0) is 15.6 Å². The summed E-state index contributed by atoms with van der Waals surface area (Å²) in [5.41, 5.74) is 1.05. The molecule has 1 N–H and O–H groups in total. The van der Waals surface area contributed by atoms with Crippen LogP contribution in [-0.4, -0.2) is 35.6 Å². The van der Waals surface area contributed by atoms with E-state index in [0.29, 0.717) is 32.5 Å². The fraction of sp³-hybridized carbons (Fsp3) is 0.241. The second kappa shape index (κ2) is 11.2. The summed E-state index contributed by atoms with van der Waals surface area (Å²) in [6, 6.07) is 31.8. The number of likely N-dealkylation sites (tertiary alicyclic amines) is 1. The molecular weight excluding hydrogens is 444 g/mol. The maximum Gasteiger partial charge on any atom is 0.314 e. The number of hydrogen-bond donors (Lipinski definition) is 1.